The predicted octanol–water partition coefficient (Wildman–Crippen LogP) is 5.56. The van der Waals surface area contributed by atoms with E-state index in [0.717, 1.165) is 34.0 Å². The van der Waals surface area contributed by atoms with Gasteiger partial charge in [0, 0.05) is 32.5 Å². The van der Waals surface area contributed by atoms with Crippen LogP contribution in [-0.2, 0) is 24.2 Å². The zero-order chi connectivity index (χ0) is 20.2. The molecule has 0 saturated heterocycles. The number of nitrogens with zero attached hydrogens (tertiary/aromatic N) is 3. The van der Waals surface area contributed by atoms with E-state index in [-0.39, 0.29) is 11.7 Å². The molecule has 0 radical (unpaired) electrons. The average molecular weight is 489 g/mol. The Balaban J connectivity index is 1.49. The molecule has 2 heterocycles. The molecule has 0 unspecified atom stereocenters. The van der Waals surface area contributed by atoms with E-state index in [1.165, 1.54) is 40.6 Å². The SMILES string of the molecule is C=CCn1c(SCC(=O)Nc2ccc(Br)cc2)nnc1-c1csc2c1CCCC2. The molecule has 0 fully saturated rings. The van der Waals surface area contributed by atoms with Gasteiger partial charge in [0.05, 0.1) is 5.75 Å². The molecule has 29 heavy (non-hydrogen) atoms. The monoisotopic (exact) mass is 488 g/mol. The molecule has 4 rings (SSSR count). The first kappa shape index (κ1) is 20.4. The normalized spacial score (nSPS) is 13.1. The van der Waals surface area contributed by atoms with Gasteiger partial charge in [0.15, 0.2) is 11.0 Å². The van der Waals surface area contributed by atoms with Crippen LogP contribution in [0.1, 0.15) is 23.3 Å². The van der Waals surface area contributed by atoms with E-state index in [0.29, 0.717) is 6.54 Å². The van der Waals surface area contributed by atoms with Gasteiger partial charge in [-0.2, -0.15) is 0 Å². The van der Waals surface area contributed by atoms with Gasteiger partial charge < -0.3 is 5.32 Å². The van der Waals surface area contributed by atoms with E-state index in [1.54, 1.807) is 0 Å². The number of nitrogens with one attached hydrogen (secondary N) is 1. The summed E-state index contributed by atoms with van der Waals surface area (Å²) in [5.74, 6) is 1.08. The molecular weight excluding hydrogens is 468 g/mol. The van der Waals surface area contributed by atoms with Crippen molar-refractivity contribution in [1.82, 2.24) is 14.8 Å². The number of carbonyl (C=O) groups excluding carboxylic acids is 1. The van der Waals surface area contributed by atoms with E-state index in [1.807, 2.05) is 41.7 Å². The molecule has 1 aliphatic carbocycles. The van der Waals surface area contributed by atoms with Gasteiger partial charge in [0.2, 0.25) is 5.91 Å². The van der Waals surface area contributed by atoms with Crippen LogP contribution in [0.4, 0.5) is 5.69 Å². The Morgan fingerprint density at radius 1 is 1.28 bits per heavy atom. The molecule has 0 saturated carbocycles. The summed E-state index contributed by atoms with van der Waals surface area (Å²) in [6, 6.07) is 7.53. The lowest BCUT2D eigenvalue weighted by Gasteiger charge is -2.13. The van der Waals surface area contributed by atoms with Crippen LogP contribution in [-0.4, -0.2) is 26.4 Å². The van der Waals surface area contributed by atoms with Gasteiger partial charge >= 0.3 is 0 Å². The Hall–Kier alpha value is -1.90. The fourth-order valence-electron chi connectivity index (χ4n) is 3.43. The van der Waals surface area contributed by atoms with Gasteiger partial charge in [0.1, 0.15) is 0 Å². The van der Waals surface area contributed by atoms with Crippen molar-refractivity contribution < 1.29 is 4.79 Å². The number of rotatable bonds is 7. The lowest BCUT2D eigenvalue weighted by Crippen LogP contribution is -2.14. The van der Waals surface area contributed by atoms with Crippen LogP contribution in [0.15, 0.2) is 51.9 Å². The Kier molecular flexibility index (Phi) is 6.52. The summed E-state index contributed by atoms with van der Waals surface area (Å²) in [7, 11) is 0. The quantitative estimate of drug-likeness (QED) is 0.349. The third kappa shape index (κ3) is 4.65. The number of benzene rings is 1. The minimum atomic E-state index is -0.0695. The molecule has 3 aromatic rings. The number of aryl methyl sites for hydroxylation is 1. The molecule has 150 valence electrons. The van der Waals surface area contributed by atoms with E-state index in [4.69, 9.17) is 0 Å². The number of allylic oxidation sites excluding steroid dienone is 1. The Labute approximate surface area is 186 Å². The van der Waals surface area contributed by atoms with Crippen molar-refractivity contribution >= 4 is 50.6 Å². The minimum Gasteiger partial charge on any atom is -0.325 e. The summed E-state index contributed by atoms with van der Waals surface area (Å²) in [6.45, 7) is 4.49. The summed E-state index contributed by atoms with van der Waals surface area (Å²) in [4.78, 5) is 13.8. The largest absolute Gasteiger partial charge is 0.325 e. The maximum atomic E-state index is 12.3. The fourth-order valence-corrected chi connectivity index (χ4v) is 5.57. The number of halogens is 1. The summed E-state index contributed by atoms with van der Waals surface area (Å²) in [5.41, 5.74) is 3.38. The second kappa shape index (κ2) is 9.28. The second-order valence-corrected chi connectivity index (χ2v) is 9.63. The predicted molar refractivity (Wildman–Crippen MR) is 124 cm³/mol. The molecule has 0 bridgehead atoms. The van der Waals surface area contributed by atoms with Crippen LogP contribution in [0, 0.1) is 0 Å². The van der Waals surface area contributed by atoms with Crippen LogP contribution < -0.4 is 5.32 Å². The molecule has 0 aliphatic heterocycles. The maximum Gasteiger partial charge on any atom is 0.234 e. The molecule has 1 aromatic carbocycles. The molecule has 0 spiro atoms. The topological polar surface area (TPSA) is 59.8 Å². The van der Waals surface area contributed by atoms with E-state index in [9.17, 15) is 4.79 Å². The number of fused-ring (bicyclic) bond motifs is 1. The first-order chi connectivity index (χ1) is 14.2. The Morgan fingerprint density at radius 2 is 2.07 bits per heavy atom. The first-order valence-corrected chi connectivity index (χ1v) is 12.1. The number of hydrogen-bond acceptors (Lipinski definition) is 5. The summed E-state index contributed by atoms with van der Waals surface area (Å²) < 4.78 is 3.03. The third-order valence-corrected chi connectivity index (χ3v) is 7.38. The van der Waals surface area contributed by atoms with Crippen LogP contribution in [0.3, 0.4) is 0 Å². The van der Waals surface area contributed by atoms with Crippen LogP contribution in [0.25, 0.3) is 11.4 Å². The van der Waals surface area contributed by atoms with Gasteiger partial charge in [-0.25, -0.2) is 0 Å². The van der Waals surface area contributed by atoms with Crippen molar-refractivity contribution in [1.29, 1.82) is 0 Å². The lowest BCUT2D eigenvalue weighted by molar-refractivity contribution is -0.113. The van der Waals surface area contributed by atoms with Gasteiger partial charge in [-0.1, -0.05) is 33.8 Å². The van der Waals surface area contributed by atoms with Crippen molar-refractivity contribution in [3.8, 4) is 11.4 Å². The van der Waals surface area contributed by atoms with Crippen molar-refractivity contribution in [3.63, 3.8) is 0 Å². The fraction of sp³-hybridized carbons (Fsp3) is 0.286. The number of amides is 1. The Bertz CT molecular complexity index is 1030. The Morgan fingerprint density at radius 3 is 2.86 bits per heavy atom. The highest BCUT2D eigenvalue weighted by molar-refractivity contribution is 9.10. The molecule has 1 amide bonds. The highest BCUT2D eigenvalue weighted by Crippen LogP contribution is 2.36. The van der Waals surface area contributed by atoms with Gasteiger partial charge in [0.25, 0.3) is 0 Å². The van der Waals surface area contributed by atoms with Crippen molar-refractivity contribution in [2.24, 2.45) is 0 Å². The van der Waals surface area contributed by atoms with Crippen molar-refractivity contribution in [2.45, 2.75) is 37.4 Å². The smallest absolute Gasteiger partial charge is 0.234 e. The number of thioether (sulfide) groups is 1. The number of carbonyl (C=O) groups is 1. The van der Waals surface area contributed by atoms with Crippen LogP contribution in [0.5, 0.6) is 0 Å². The number of anilines is 1. The lowest BCUT2D eigenvalue weighted by atomic mass is 9.95. The molecule has 1 N–H and O–H groups in total. The minimum absolute atomic E-state index is 0.0695. The molecule has 8 heteroatoms. The van der Waals surface area contributed by atoms with Crippen molar-refractivity contribution in [2.75, 3.05) is 11.1 Å². The van der Waals surface area contributed by atoms with Gasteiger partial charge in [-0.05, 0) is 55.5 Å². The molecule has 0 atom stereocenters. The molecule has 5 nitrogen and oxygen atoms in total. The maximum absolute atomic E-state index is 12.3. The number of hydrogen-bond donors (Lipinski definition) is 1. The summed E-state index contributed by atoms with van der Waals surface area (Å²) in [6.07, 6.45) is 6.60. The van der Waals surface area contributed by atoms with Crippen molar-refractivity contribution in [3.05, 3.63) is 57.2 Å². The van der Waals surface area contributed by atoms with E-state index >= 15 is 0 Å². The standard InChI is InChI=1S/C21H21BrN4OS2/c1-2-11-26-20(17-12-28-18-6-4-3-5-16(17)18)24-25-21(26)29-13-19(27)23-15-9-7-14(22)8-10-15/h2,7-10,12H,1,3-6,11,13H2,(H,23,27). The van der Waals surface area contributed by atoms with E-state index in [2.05, 4.69) is 48.0 Å². The van der Waals surface area contributed by atoms with E-state index < -0.39 is 0 Å². The highest BCUT2D eigenvalue weighted by Gasteiger charge is 2.22. The number of aromatic nitrogens is 3. The average Bonchev–Trinajstić information content (AvgIpc) is 3.32. The zero-order valence-corrected chi connectivity index (χ0v) is 19.1. The first-order valence-electron chi connectivity index (χ1n) is 9.47. The van der Waals surface area contributed by atoms with Gasteiger partial charge in [-0.3, -0.25) is 9.36 Å². The summed E-state index contributed by atoms with van der Waals surface area (Å²) in [5, 5.41) is 14.7. The summed E-state index contributed by atoms with van der Waals surface area (Å²) >= 11 is 6.61. The molecular formula is C21H21BrN4OS2. The highest BCUT2D eigenvalue weighted by atomic mass is 79.9. The van der Waals surface area contributed by atoms with Crippen LogP contribution >= 0.6 is 39.0 Å². The second-order valence-electron chi connectivity index (χ2n) is 6.81. The van der Waals surface area contributed by atoms with Gasteiger partial charge in [-0.15, -0.1) is 28.1 Å². The third-order valence-electron chi connectivity index (χ3n) is 4.79. The molecule has 2 aromatic heterocycles. The number of thiophene rings is 1. The molecule has 1 aliphatic rings. The zero-order valence-electron chi connectivity index (χ0n) is 15.9. The van der Waals surface area contributed by atoms with Crippen LogP contribution in [0.2, 0.25) is 0 Å².